The molecule has 2 aromatic carbocycles. The number of aryl methyl sites for hydroxylation is 1. The quantitative estimate of drug-likeness (QED) is 0.386. The third-order valence-electron chi connectivity index (χ3n) is 4.41. The first-order valence-corrected chi connectivity index (χ1v) is 8.75. The molecule has 0 amide bonds. The number of carbonyl (C=O) groups is 1. The summed E-state index contributed by atoms with van der Waals surface area (Å²) in [4.78, 5) is 23.9. The second-order valence-corrected chi connectivity index (χ2v) is 6.23. The lowest BCUT2D eigenvalue weighted by atomic mass is 10.1. The molecule has 29 heavy (non-hydrogen) atoms. The summed E-state index contributed by atoms with van der Waals surface area (Å²) in [5.74, 6) is 0.580. The highest BCUT2D eigenvalue weighted by molar-refractivity contribution is 5.88. The van der Waals surface area contributed by atoms with E-state index in [9.17, 15) is 14.7 Å². The molecule has 3 rings (SSSR count). The van der Waals surface area contributed by atoms with Crippen LogP contribution in [0.3, 0.4) is 0 Å². The van der Waals surface area contributed by atoms with Crippen molar-refractivity contribution in [2.75, 3.05) is 14.2 Å². The van der Waals surface area contributed by atoms with Gasteiger partial charge < -0.3 is 23.7 Å². The van der Waals surface area contributed by atoms with Gasteiger partial charge in [0.1, 0.15) is 17.9 Å². The van der Waals surface area contributed by atoms with Crippen molar-refractivity contribution in [1.29, 1.82) is 0 Å². The Morgan fingerprint density at radius 3 is 2.59 bits per heavy atom. The normalized spacial score (nSPS) is 11.0. The number of fused-ring (bicyclic) bond motifs is 1. The van der Waals surface area contributed by atoms with Crippen LogP contribution in [0.4, 0.5) is 0 Å². The molecule has 0 unspecified atom stereocenters. The number of rotatable bonds is 6. The van der Waals surface area contributed by atoms with Crippen molar-refractivity contribution in [3.63, 3.8) is 0 Å². The van der Waals surface area contributed by atoms with Gasteiger partial charge in [0.05, 0.1) is 14.2 Å². The van der Waals surface area contributed by atoms with Gasteiger partial charge in [-0.3, -0.25) is 0 Å². The maximum atomic E-state index is 12.1. The number of phenols is 1. The van der Waals surface area contributed by atoms with Crippen molar-refractivity contribution >= 4 is 23.0 Å². The minimum absolute atomic E-state index is 0.0210. The van der Waals surface area contributed by atoms with E-state index in [4.69, 9.17) is 18.6 Å². The molecular formula is C22H20O7. The van der Waals surface area contributed by atoms with Gasteiger partial charge in [-0.05, 0) is 42.8 Å². The summed E-state index contributed by atoms with van der Waals surface area (Å²) < 4.78 is 20.8. The lowest BCUT2D eigenvalue weighted by Gasteiger charge is -2.08. The van der Waals surface area contributed by atoms with E-state index in [-0.39, 0.29) is 17.9 Å². The number of ether oxygens (including phenoxy) is 3. The summed E-state index contributed by atoms with van der Waals surface area (Å²) in [5, 5.41) is 10.4. The summed E-state index contributed by atoms with van der Waals surface area (Å²) in [5.41, 5.74) is 1.35. The number of hydrogen-bond donors (Lipinski definition) is 1. The second kappa shape index (κ2) is 8.52. The lowest BCUT2D eigenvalue weighted by molar-refractivity contribution is -0.138. The number of methoxy groups -OCH3 is 2. The maximum absolute atomic E-state index is 12.1. The summed E-state index contributed by atoms with van der Waals surface area (Å²) in [6, 6.07) is 9.62. The minimum Gasteiger partial charge on any atom is -0.508 e. The van der Waals surface area contributed by atoms with Crippen LogP contribution in [0.5, 0.6) is 17.2 Å². The third-order valence-corrected chi connectivity index (χ3v) is 4.41. The predicted molar refractivity (Wildman–Crippen MR) is 107 cm³/mol. The number of esters is 1. The Morgan fingerprint density at radius 2 is 1.86 bits per heavy atom. The highest BCUT2D eigenvalue weighted by Crippen LogP contribution is 2.29. The molecule has 0 spiro atoms. The number of aromatic hydroxyl groups is 1. The zero-order chi connectivity index (χ0) is 21.0. The number of benzene rings is 2. The van der Waals surface area contributed by atoms with Gasteiger partial charge in [-0.1, -0.05) is 6.07 Å². The van der Waals surface area contributed by atoms with Crippen LogP contribution in [-0.2, 0) is 16.1 Å². The van der Waals surface area contributed by atoms with Crippen LogP contribution in [0, 0.1) is 6.92 Å². The fourth-order valence-corrected chi connectivity index (χ4v) is 2.85. The predicted octanol–water partition coefficient (Wildman–Crippen LogP) is 3.58. The Kier molecular flexibility index (Phi) is 5.87. The summed E-state index contributed by atoms with van der Waals surface area (Å²) in [6.07, 6.45) is 2.87. The van der Waals surface area contributed by atoms with Crippen LogP contribution >= 0.6 is 0 Å². The van der Waals surface area contributed by atoms with Crippen LogP contribution in [0.25, 0.3) is 17.0 Å². The third kappa shape index (κ3) is 4.40. The van der Waals surface area contributed by atoms with E-state index >= 15 is 0 Å². The lowest BCUT2D eigenvalue weighted by Crippen LogP contribution is -2.06. The SMILES string of the molecule is COc1ccc(/C=C/C(=O)OCc2cc(=O)oc3c(C)c(O)ccc23)cc1OC. The molecule has 3 aromatic rings. The second-order valence-electron chi connectivity index (χ2n) is 6.23. The summed E-state index contributed by atoms with van der Waals surface area (Å²) in [6.45, 7) is 1.53. The van der Waals surface area contributed by atoms with Gasteiger partial charge in [-0.25, -0.2) is 9.59 Å². The van der Waals surface area contributed by atoms with Crippen molar-refractivity contribution in [3.8, 4) is 17.2 Å². The van der Waals surface area contributed by atoms with Crippen molar-refractivity contribution in [2.45, 2.75) is 13.5 Å². The number of carbonyl (C=O) groups excluding carboxylic acids is 1. The van der Waals surface area contributed by atoms with Gasteiger partial charge in [0.2, 0.25) is 0 Å². The van der Waals surface area contributed by atoms with Crippen molar-refractivity contribution < 1.29 is 28.5 Å². The molecule has 150 valence electrons. The molecule has 7 heteroatoms. The Labute approximate surface area is 166 Å². The minimum atomic E-state index is -0.585. The summed E-state index contributed by atoms with van der Waals surface area (Å²) in [7, 11) is 3.07. The van der Waals surface area contributed by atoms with E-state index in [0.717, 1.165) is 5.56 Å². The van der Waals surface area contributed by atoms with Crippen LogP contribution in [0.15, 0.2) is 51.7 Å². The number of hydrogen-bond acceptors (Lipinski definition) is 7. The zero-order valence-electron chi connectivity index (χ0n) is 16.2. The smallest absolute Gasteiger partial charge is 0.336 e. The molecule has 0 aliphatic rings. The van der Waals surface area contributed by atoms with Crippen LogP contribution in [0.1, 0.15) is 16.7 Å². The fraction of sp³-hybridized carbons (Fsp3) is 0.182. The molecule has 0 saturated carbocycles. The van der Waals surface area contributed by atoms with Crippen LogP contribution < -0.4 is 15.1 Å². The molecule has 0 atom stereocenters. The zero-order valence-corrected chi connectivity index (χ0v) is 16.2. The van der Waals surface area contributed by atoms with Crippen LogP contribution in [0.2, 0.25) is 0 Å². The first kappa shape index (κ1) is 20.0. The van der Waals surface area contributed by atoms with E-state index in [2.05, 4.69) is 0 Å². The van der Waals surface area contributed by atoms with Gasteiger partial charge in [0.25, 0.3) is 0 Å². The Hall–Kier alpha value is -3.74. The molecule has 0 saturated heterocycles. The van der Waals surface area contributed by atoms with E-state index in [1.807, 2.05) is 0 Å². The standard InChI is InChI=1S/C22H20O7/c1-13-17(23)7-6-16-15(11-21(25)29-22(13)16)12-28-20(24)9-5-14-4-8-18(26-2)19(10-14)27-3/h4-11,23H,12H2,1-3H3/b9-5+. The highest BCUT2D eigenvalue weighted by Gasteiger charge is 2.12. The Bertz CT molecular complexity index is 1140. The van der Waals surface area contributed by atoms with Crippen molar-refractivity contribution in [3.05, 3.63) is 69.6 Å². The first-order valence-electron chi connectivity index (χ1n) is 8.75. The molecular weight excluding hydrogens is 376 g/mol. The fourth-order valence-electron chi connectivity index (χ4n) is 2.85. The van der Waals surface area contributed by atoms with Gasteiger partial charge in [-0.15, -0.1) is 0 Å². The molecule has 0 aliphatic carbocycles. The molecule has 1 N–H and O–H groups in total. The highest BCUT2D eigenvalue weighted by atomic mass is 16.5. The van der Waals surface area contributed by atoms with E-state index in [0.29, 0.717) is 28.0 Å². The monoisotopic (exact) mass is 396 g/mol. The summed E-state index contributed by atoms with van der Waals surface area (Å²) >= 11 is 0. The van der Waals surface area contributed by atoms with E-state index in [1.165, 1.54) is 25.3 Å². The molecule has 7 nitrogen and oxygen atoms in total. The molecule has 1 heterocycles. The average Bonchev–Trinajstić information content (AvgIpc) is 2.73. The van der Waals surface area contributed by atoms with Gasteiger partial charge in [-0.2, -0.15) is 0 Å². The average molecular weight is 396 g/mol. The van der Waals surface area contributed by atoms with Gasteiger partial charge in [0.15, 0.2) is 11.5 Å². The van der Waals surface area contributed by atoms with Crippen molar-refractivity contribution in [2.24, 2.45) is 0 Å². The maximum Gasteiger partial charge on any atom is 0.336 e. The Balaban J connectivity index is 1.75. The van der Waals surface area contributed by atoms with Gasteiger partial charge in [0, 0.05) is 28.7 Å². The largest absolute Gasteiger partial charge is 0.508 e. The van der Waals surface area contributed by atoms with Gasteiger partial charge >= 0.3 is 11.6 Å². The molecule has 0 bridgehead atoms. The molecule has 1 aromatic heterocycles. The first-order chi connectivity index (χ1) is 13.9. The van der Waals surface area contributed by atoms with E-state index < -0.39 is 11.6 Å². The van der Waals surface area contributed by atoms with Crippen molar-refractivity contribution in [1.82, 2.24) is 0 Å². The Morgan fingerprint density at radius 1 is 1.10 bits per heavy atom. The van der Waals surface area contributed by atoms with E-state index in [1.54, 1.807) is 44.4 Å². The molecule has 0 aliphatic heterocycles. The molecule has 0 fully saturated rings. The number of phenolic OH excluding ortho intramolecular Hbond substituents is 1. The topological polar surface area (TPSA) is 95.2 Å². The van der Waals surface area contributed by atoms with Crippen LogP contribution in [-0.4, -0.2) is 25.3 Å². The molecule has 0 radical (unpaired) electrons.